The molecule has 18 heavy (non-hydrogen) atoms. The van der Waals surface area contributed by atoms with Gasteiger partial charge in [-0.05, 0) is 23.7 Å². The summed E-state index contributed by atoms with van der Waals surface area (Å²) in [6, 6.07) is 22.3. The molecule has 2 aromatic carbocycles. The van der Waals surface area contributed by atoms with Crippen LogP contribution in [0.3, 0.4) is 0 Å². The zero-order valence-electron chi connectivity index (χ0n) is 9.55. The predicted molar refractivity (Wildman–Crippen MR) is 70.5 cm³/mol. The molecule has 0 aliphatic carbocycles. The summed E-state index contributed by atoms with van der Waals surface area (Å²) in [6.45, 7) is 0. The van der Waals surface area contributed by atoms with E-state index < -0.39 is 0 Å². The first-order valence-corrected chi connectivity index (χ1v) is 5.89. The molecule has 0 fully saturated rings. The van der Waals surface area contributed by atoms with Crippen LogP contribution in [0.15, 0.2) is 66.7 Å². The highest BCUT2D eigenvalue weighted by atomic mass is 35.5. The average Bonchev–Trinajstić information content (AvgIpc) is 2.39. The molecule has 0 N–H and O–H groups in total. The van der Waals surface area contributed by atoms with Crippen molar-refractivity contribution in [1.29, 1.82) is 0 Å². The number of hydrogen-bond donors (Lipinski definition) is 0. The summed E-state index contributed by atoms with van der Waals surface area (Å²) in [5, 5.41) is 1.90. The molecule has 0 unspecified atom stereocenters. The summed E-state index contributed by atoms with van der Waals surface area (Å²) in [7, 11) is 0. The summed E-state index contributed by atoms with van der Waals surface area (Å²) in [6.07, 6.45) is 0. The number of benzene rings is 2. The quantitative estimate of drug-likeness (QED) is 0.457. The second-order valence-electron chi connectivity index (χ2n) is 3.89. The molecule has 0 amide bonds. The maximum atomic E-state index is 6.30. The monoisotopic (exact) mass is 275 g/mol. The van der Waals surface area contributed by atoms with E-state index in [1.807, 2.05) is 42.5 Å². The van der Waals surface area contributed by atoms with Crippen molar-refractivity contribution in [3.8, 4) is 5.69 Å². The maximum Gasteiger partial charge on any atom is 0.281 e. The van der Waals surface area contributed by atoms with Crippen molar-refractivity contribution in [3.05, 3.63) is 71.9 Å². The van der Waals surface area contributed by atoms with Gasteiger partial charge in [-0.2, -0.15) is 0 Å². The number of fused-ring (bicyclic) bond motifs is 1. The Hall–Kier alpha value is -1.57. The van der Waals surface area contributed by atoms with Gasteiger partial charge < -0.3 is 12.4 Å². The third-order valence-electron chi connectivity index (χ3n) is 2.81. The first kappa shape index (κ1) is 12.9. The predicted octanol–water partition coefficient (Wildman–Crippen LogP) is 0.774. The van der Waals surface area contributed by atoms with Gasteiger partial charge in [0.25, 0.3) is 5.15 Å². The summed E-state index contributed by atoms with van der Waals surface area (Å²) < 4.78 is 2.05. The van der Waals surface area contributed by atoms with E-state index in [-0.39, 0.29) is 12.4 Å². The second kappa shape index (κ2) is 5.38. The number of nitrogens with zero attached hydrogens (tertiary/aromatic N) is 1. The normalized spacial score (nSPS) is 10.1. The van der Waals surface area contributed by atoms with Crippen molar-refractivity contribution in [2.45, 2.75) is 0 Å². The van der Waals surface area contributed by atoms with E-state index >= 15 is 0 Å². The van der Waals surface area contributed by atoms with Crippen LogP contribution < -0.4 is 17.0 Å². The number of pyridine rings is 1. The fourth-order valence-electron chi connectivity index (χ4n) is 2.02. The molecule has 1 aromatic heterocycles. The molecule has 0 aliphatic rings. The Balaban J connectivity index is 0.00000120. The van der Waals surface area contributed by atoms with E-state index in [2.05, 4.69) is 28.8 Å². The molecule has 0 saturated carbocycles. The highest BCUT2D eigenvalue weighted by molar-refractivity contribution is 6.28. The molecule has 0 bridgehead atoms. The van der Waals surface area contributed by atoms with Crippen LogP contribution >= 0.6 is 11.6 Å². The van der Waals surface area contributed by atoms with Crippen LogP contribution in [0.4, 0.5) is 0 Å². The number of hydrogen-bond acceptors (Lipinski definition) is 0. The summed E-state index contributed by atoms with van der Waals surface area (Å²) in [5.74, 6) is 0. The Labute approximate surface area is 117 Å². The Morgan fingerprint density at radius 1 is 0.722 bits per heavy atom. The first-order valence-electron chi connectivity index (χ1n) is 5.51. The van der Waals surface area contributed by atoms with Crippen molar-refractivity contribution in [2.75, 3.05) is 0 Å². The Kier molecular flexibility index (Phi) is 3.85. The molecular weight excluding hydrogens is 265 g/mol. The Morgan fingerprint density at radius 2 is 1.39 bits per heavy atom. The van der Waals surface area contributed by atoms with Crippen LogP contribution in [0.2, 0.25) is 5.15 Å². The van der Waals surface area contributed by atoms with Crippen molar-refractivity contribution in [2.24, 2.45) is 0 Å². The second-order valence-corrected chi connectivity index (χ2v) is 4.27. The van der Waals surface area contributed by atoms with Crippen LogP contribution in [-0.2, 0) is 0 Å². The van der Waals surface area contributed by atoms with Crippen LogP contribution in [0.5, 0.6) is 0 Å². The van der Waals surface area contributed by atoms with Gasteiger partial charge in [0, 0.05) is 29.7 Å². The van der Waals surface area contributed by atoms with E-state index in [1.165, 1.54) is 5.39 Å². The van der Waals surface area contributed by atoms with Gasteiger partial charge in [0.15, 0.2) is 0 Å². The number of aromatic nitrogens is 1. The molecule has 0 atom stereocenters. The minimum atomic E-state index is 0. The standard InChI is InChI=1S/C15H11ClN.ClH/c16-15-11-10-12-6-4-5-9-14(12)17(15)13-7-2-1-3-8-13;/h1-11H;1H/q+1;/p-1. The molecule has 0 spiro atoms. The van der Waals surface area contributed by atoms with E-state index in [0.29, 0.717) is 0 Å². The molecule has 1 heterocycles. The summed E-state index contributed by atoms with van der Waals surface area (Å²) >= 11 is 6.30. The van der Waals surface area contributed by atoms with Gasteiger partial charge >= 0.3 is 0 Å². The van der Waals surface area contributed by atoms with Gasteiger partial charge in [-0.25, -0.2) is 0 Å². The number of halogens is 2. The smallest absolute Gasteiger partial charge is 0.281 e. The van der Waals surface area contributed by atoms with Gasteiger partial charge in [0.2, 0.25) is 11.2 Å². The molecule has 3 heteroatoms. The van der Waals surface area contributed by atoms with Crippen molar-refractivity contribution in [1.82, 2.24) is 0 Å². The zero-order chi connectivity index (χ0) is 11.7. The fraction of sp³-hybridized carbons (Fsp3) is 0. The lowest BCUT2D eigenvalue weighted by Gasteiger charge is -2.02. The molecule has 0 saturated heterocycles. The van der Waals surface area contributed by atoms with Gasteiger partial charge in [0.1, 0.15) is 0 Å². The number of rotatable bonds is 1. The third-order valence-corrected chi connectivity index (χ3v) is 3.10. The van der Waals surface area contributed by atoms with E-state index in [4.69, 9.17) is 11.6 Å². The first-order chi connectivity index (χ1) is 8.36. The largest absolute Gasteiger partial charge is 1.00 e. The van der Waals surface area contributed by atoms with Crippen LogP contribution in [0, 0.1) is 0 Å². The Bertz CT molecular complexity index is 666. The van der Waals surface area contributed by atoms with Crippen molar-refractivity contribution in [3.63, 3.8) is 0 Å². The van der Waals surface area contributed by atoms with Crippen molar-refractivity contribution < 1.29 is 17.0 Å². The van der Waals surface area contributed by atoms with Crippen LogP contribution in [0.1, 0.15) is 0 Å². The lowest BCUT2D eigenvalue weighted by Crippen LogP contribution is -3.00. The minimum absolute atomic E-state index is 0. The van der Waals surface area contributed by atoms with E-state index in [1.54, 1.807) is 0 Å². The van der Waals surface area contributed by atoms with Gasteiger partial charge in [-0.15, -0.1) is 4.57 Å². The minimum Gasteiger partial charge on any atom is -1.00 e. The molecule has 0 aliphatic heterocycles. The summed E-state index contributed by atoms with van der Waals surface area (Å²) in [4.78, 5) is 0. The SMILES string of the molecule is Clc1ccc2ccccc2[n+]1-c1ccccc1.[Cl-]. The van der Waals surface area contributed by atoms with Gasteiger partial charge in [0.05, 0.1) is 0 Å². The maximum absolute atomic E-state index is 6.30. The highest BCUT2D eigenvalue weighted by Gasteiger charge is 2.15. The third kappa shape index (κ3) is 2.20. The van der Waals surface area contributed by atoms with Gasteiger partial charge in [-0.1, -0.05) is 30.3 Å². The Morgan fingerprint density at radius 3 is 2.17 bits per heavy atom. The molecule has 3 aromatic rings. The van der Waals surface area contributed by atoms with Crippen LogP contribution in [-0.4, -0.2) is 0 Å². The van der Waals surface area contributed by atoms with Crippen molar-refractivity contribution >= 4 is 22.5 Å². The highest BCUT2D eigenvalue weighted by Crippen LogP contribution is 2.16. The molecule has 3 rings (SSSR count). The summed E-state index contributed by atoms with van der Waals surface area (Å²) in [5.41, 5.74) is 2.19. The topological polar surface area (TPSA) is 3.88 Å². The molecule has 0 radical (unpaired) electrons. The zero-order valence-corrected chi connectivity index (χ0v) is 11.1. The molecular formula is C15H11Cl2N. The molecule has 1 nitrogen and oxygen atoms in total. The van der Waals surface area contributed by atoms with Gasteiger partial charge in [-0.3, -0.25) is 0 Å². The molecule has 90 valence electrons. The number of para-hydroxylation sites is 2. The van der Waals surface area contributed by atoms with Crippen LogP contribution in [0.25, 0.3) is 16.6 Å². The van der Waals surface area contributed by atoms with E-state index in [9.17, 15) is 0 Å². The fourth-order valence-corrected chi connectivity index (χ4v) is 2.27. The lowest BCUT2D eigenvalue weighted by molar-refractivity contribution is -0.564. The lowest BCUT2D eigenvalue weighted by atomic mass is 10.2. The van der Waals surface area contributed by atoms with E-state index in [0.717, 1.165) is 16.4 Å². The average molecular weight is 276 g/mol.